The van der Waals surface area contributed by atoms with Gasteiger partial charge in [0.1, 0.15) is 17.1 Å². The number of hydrazine groups is 1. The number of benzene rings is 3. The van der Waals surface area contributed by atoms with E-state index < -0.39 is 23.5 Å². The van der Waals surface area contributed by atoms with Gasteiger partial charge in [0.2, 0.25) is 0 Å². The zero-order valence-electron chi connectivity index (χ0n) is 16.7. The second-order valence-electron chi connectivity index (χ2n) is 6.86. The monoisotopic (exact) mass is 431 g/mol. The number of hydrogen-bond donors (Lipinski definition) is 2. The molecule has 3 aromatic rings. The first-order chi connectivity index (χ1) is 15.5. The Labute approximate surface area is 183 Å². The van der Waals surface area contributed by atoms with E-state index in [2.05, 4.69) is 10.7 Å². The lowest BCUT2D eigenvalue weighted by molar-refractivity contribution is -0.118. The number of para-hydroxylation sites is 2. The van der Waals surface area contributed by atoms with E-state index in [4.69, 9.17) is 4.74 Å². The van der Waals surface area contributed by atoms with Crippen molar-refractivity contribution in [2.75, 3.05) is 16.9 Å². The van der Waals surface area contributed by atoms with Crippen LogP contribution in [0.15, 0.2) is 84.4 Å². The van der Waals surface area contributed by atoms with Crippen molar-refractivity contribution >= 4 is 35.2 Å². The zero-order valence-corrected chi connectivity index (χ0v) is 16.7. The lowest BCUT2D eigenvalue weighted by atomic mass is 10.1. The number of ether oxygens (including phenoxy) is 1. The van der Waals surface area contributed by atoms with Gasteiger partial charge in [-0.25, -0.2) is 9.40 Å². The van der Waals surface area contributed by atoms with E-state index in [9.17, 15) is 18.8 Å². The molecule has 0 aliphatic carbocycles. The van der Waals surface area contributed by atoms with Crippen molar-refractivity contribution in [1.29, 1.82) is 0 Å². The van der Waals surface area contributed by atoms with E-state index in [1.165, 1.54) is 29.3 Å². The summed E-state index contributed by atoms with van der Waals surface area (Å²) in [7, 11) is 0. The Balaban J connectivity index is 1.43. The van der Waals surface area contributed by atoms with Gasteiger partial charge in [-0.2, -0.15) is 0 Å². The molecule has 1 aliphatic heterocycles. The molecular formula is C24H18FN3O4. The van der Waals surface area contributed by atoms with Gasteiger partial charge in [-0.05, 0) is 48.0 Å². The molecule has 32 heavy (non-hydrogen) atoms. The van der Waals surface area contributed by atoms with Crippen molar-refractivity contribution in [3.8, 4) is 5.75 Å². The fourth-order valence-corrected chi connectivity index (χ4v) is 3.07. The topological polar surface area (TPSA) is 87.7 Å². The molecule has 0 saturated carbocycles. The van der Waals surface area contributed by atoms with Gasteiger partial charge in [0.05, 0.1) is 11.4 Å². The molecule has 1 aliphatic rings. The van der Waals surface area contributed by atoms with E-state index in [0.29, 0.717) is 17.0 Å². The highest BCUT2D eigenvalue weighted by molar-refractivity contribution is 6.31. The third-order valence-electron chi connectivity index (χ3n) is 4.59. The number of carbonyl (C=O) groups is 3. The average molecular weight is 431 g/mol. The van der Waals surface area contributed by atoms with Gasteiger partial charge in [-0.15, -0.1) is 0 Å². The highest BCUT2D eigenvalue weighted by Crippen LogP contribution is 2.22. The second kappa shape index (κ2) is 9.13. The van der Waals surface area contributed by atoms with Gasteiger partial charge >= 0.3 is 0 Å². The summed E-state index contributed by atoms with van der Waals surface area (Å²) in [6, 6.07) is 21.2. The Bertz CT molecular complexity index is 1210. The maximum atomic E-state index is 13.6. The van der Waals surface area contributed by atoms with E-state index in [-0.39, 0.29) is 17.9 Å². The summed E-state index contributed by atoms with van der Waals surface area (Å²) in [4.78, 5) is 37.0. The van der Waals surface area contributed by atoms with E-state index in [0.717, 1.165) is 0 Å². The Kier molecular flexibility index (Phi) is 5.94. The summed E-state index contributed by atoms with van der Waals surface area (Å²) in [5, 5.41) is 3.61. The van der Waals surface area contributed by atoms with Crippen LogP contribution in [0.4, 0.5) is 15.8 Å². The Morgan fingerprint density at radius 1 is 1.00 bits per heavy atom. The first kappa shape index (κ1) is 20.8. The van der Waals surface area contributed by atoms with Crippen LogP contribution in [0, 0.1) is 5.82 Å². The summed E-state index contributed by atoms with van der Waals surface area (Å²) in [6.07, 6.45) is 1.45. The minimum absolute atomic E-state index is 0.0247. The van der Waals surface area contributed by atoms with Gasteiger partial charge in [-0.3, -0.25) is 19.8 Å². The quantitative estimate of drug-likeness (QED) is 0.463. The summed E-state index contributed by atoms with van der Waals surface area (Å²) < 4.78 is 19.1. The highest BCUT2D eigenvalue weighted by Gasteiger charge is 2.34. The molecule has 1 fully saturated rings. The smallest absolute Gasteiger partial charge is 0.282 e. The molecule has 0 radical (unpaired) electrons. The molecule has 8 heteroatoms. The Morgan fingerprint density at radius 3 is 2.53 bits per heavy atom. The molecule has 0 spiro atoms. The van der Waals surface area contributed by atoms with Crippen LogP contribution in [-0.2, 0) is 14.4 Å². The van der Waals surface area contributed by atoms with Crippen LogP contribution in [0.3, 0.4) is 0 Å². The fourth-order valence-electron chi connectivity index (χ4n) is 3.07. The number of rotatable bonds is 6. The number of carbonyl (C=O) groups excluding carboxylic acids is 3. The highest BCUT2D eigenvalue weighted by atomic mass is 19.1. The zero-order chi connectivity index (χ0) is 22.5. The minimum Gasteiger partial charge on any atom is -0.484 e. The predicted octanol–water partition coefficient (Wildman–Crippen LogP) is 3.30. The standard InChI is InChI=1S/C24H18FN3O4/c25-20-11-4-5-12-21(20)26-22(29)15-32-18-10-6-7-16(13-18)14-19-23(30)27-28(24(19)31)17-8-2-1-3-9-17/h1-14H,15H2,(H,26,29)(H,27,30). The molecule has 3 amide bonds. The van der Waals surface area contributed by atoms with Crippen LogP contribution >= 0.6 is 0 Å². The SMILES string of the molecule is O=C(COc1cccc(C=C2C(=O)NN(c3ccccc3)C2=O)c1)Nc1ccccc1F. The molecule has 160 valence electrons. The lowest BCUT2D eigenvalue weighted by Crippen LogP contribution is -2.35. The largest absolute Gasteiger partial charge is 0.484 e. The second-order valence-corrected chi connectivity index (χ2v) is 6.86. The molecule has 3 aromatic carbocycles. The number of anilines is 2. The van der Waals surface area contributed by atoms with Gasteiger partial charge < -0.3 is 10.1 Å². The van der Waals surface area contributed by atoms with Crippen molar-refractivity contribution in [2.45, 2.75) is 0 Å². The molecule has 1 saturated heterocycles. The van der Waals surface area contributed by atoms with Crippen molar-refractivity contribution < 1.29 is 23.5 Å². The fraction of sp³-hybridized carbons (Fsp3) is 0.0417. The van der Waals surface area contributed by atoms with Crippen molar-refractivity contribution in [2.24, 2.45) is 0 Å². The van der Waals surface area contributed by atoms with Crippen molar-refractivity contribution in [3.63, 3.8) is 0 Å². The predicted molar refractivity (Wildman–Crippen MR) is 117 cm³/mol. The van der Waals surface area contributed by atoms with Gasteiger partial charge in [0.25, 0.3) is 17.7 Å². The van der Waals surface area contributed by atoms with Crippen LogP contribution in [0.2, 0.25) is 0 Å². The maximum Gasteiger partial charge on any atom is 0.282 e. The molecule has 0 unspecified atom stereocenters. The first-order valence-corrected chi connectivity index (χ1v) is 9.71. The molecule has 2 N–H and O–H groups in total. The first-order valence-electron chi connectivity index (χ1n) is 9.71. The van der Waals surface area contributed by atoms with Crippen LogP contribution in [0.25, 0.3) is 6.08 Å². The number of hydrogen-bond acceptors (Lipinski definition) is 4. The van der Waals surface area contributed by atoms with E-state index in [1.807, 2.05) is 6.07 Å². The van der Waals surface area contributed by atoms with Gasteiger partial charge in [0.15, 0.2) is 6.61 Å². The summed E-state index contributed by atoms with van der Waals surface area (Å²) >= 11 is 0. The molecular weight excluding hydrogens is 413 g/mol. The number of nitrogens with zero attached hydrogens (tertiary/aromatic N) is 1. The van der Waals surface area contributed by atoms with E-state index in [1.54, 1.807) is 54.6 Å². The van der Waals surface area contributed by atoms with Gasteiger partial charge in [-0.1, -0.05) is 42.5 Å². The van der Waals surface area contributed by atoms with Gasteiger partial charge in [0, 0.05) is 0 Å². The number of amides is 3. The minimum atomic E-state index is -0.543. The Hall–Kier alpha value is -4.46. The van der Waals surface area contributed by atoms with Crippen molar-refractivity contribution in [1.82, 2.24) is 5.43 Å². The molecule has 4 rings (SSSR count). The third kappa shape index (κ3) is 4.65. The molecule has 1 heterocycles. The molecule has 0 atom stereocenters. The maximum absolute atomic E-state index is 13.6. The summed E-state index contributed by atoms with van der Waals surface area (Å²) in [5.41, 5.74) is 3.67. The van der Waals surface area contributed by atoms with Crippen LogP contribution < -0.4 is 20.5 Å². The summed E-state index contributed by atoms with van der Waals surface area (Å²) in [6.45, 7) is -0.338. The Morgan fingerprint density at radius 2 is 1.75 bits per heavy atom. The molecule has 7 nitrogen and oxygen atoms in total. The van der Waals surface area contributed by atoms with Crippen LogP contribution in [0.5, 0.6) is 5.75 Å². The summed E-state index contributed by atoms with van der Waals surface area (Å²) in [5.74, 6) is -1.71. The lowest BCUT2D eigenvalue weighted by Gasteiger charge is -2.13. The van der Waals surface area contributed by atoms with E-state index >= 15 is 0 Å². The number of nitrogens with one attached hydrogen (secondary N) is 2. The van der Waals surface area contributed by atoms with Crippen LogP contribution in [0.1, 0.15) is 5.56 Å². The number of halogens is 1. The molecule has 0 bridgehead atoms. The van der Waals surface area contributed by atoms with Crippen LogP contribution in [-0.4, -0.2) is 24.3 Å². The molecule has 0 aromatic heterocycles. The average Bonchev–Trinajstić information content (AvgIpc) is 3.08. The normalized spacial score (nSPS) is 14.4. The van der Waals surface area contributed by atoms with Crippen molar-refractivity contribution in [3.05, 3.63) is 95.8 Å². The third-order valence-corrected chi connectivity index (χ3v) is 4.59.